The van der Waals surface area contributed by atoms with Gasteiger partial charge in [0, 0.05) is 30.1 Å². The average molecular weight is 287 g/mol. The van der Waals surface area contributed by atoms with Crippen molar-refractivity contribution in [3.8, 4) is 0 Å². The summed E-state index contributed by atoms with van der Waals surface area (Å²) in [5, 5.41) is 6.96. The van der Waals surface area contributed by atoms with Crippen molar-refractivity contribution in [1.82, 2.24) is 9.78 Å². The maximum Gasteiger partial charge on any atom is 0.248 e. The second-order valence-corrected chi connectivity index (χ2v) is 4.99. The quantitative estimate of drug-likeness (QED) is 0.882. The number of rotatable bonds is 3. The molecule has 0 spiro atoms. The molecule has 0 bridgehead atoms. The maximum absolute atomic E-state index is 13.2. The van der Waals surface area contributed by atoms with Crippen LogP contribution in [0.4, 0.5) is 10.1 Å². The first-order chi connectivity index (χ1) is 9.88. The van der Waals surface area contributed by atoms with Gasteiger partial charge in [0.25, 0.3) is 0 Å². The molecule has 0 atom stereocenters. The molecule has 0 aliphatic rings. The van der Waals surface area contributed by atoms with Crippen LogP contribution in [0.1, 0.15) is 22.5 Å². The number of benzene rings is 1. The molecule has 1 amide bonds. The minimum atomic E-state index is -0.376. The molecule has 2 aromatic rings. The van der Waals surface area contributed by atoms with Gasteiger partial charge in [0.05, 0.1) is 5.69 Å². The molecule has 0 unspecified atom stereocenters. The summed E-state index contributed by atoms with van der Waals surface area (Å²) in [6.07, 6.45) is 3.16. The van der Waals surface area contributed by atoms with Crippen LogP contribution in [0, 0.1) is 26.6 Å². The molecule has 110 valence electrons. The summed E-state index contributed by atoms with van der Waals surface area (Å²) in [6, 6.07) is 4.30. The summed E-state index contributed by atoms with van der Waals surface area (Å²) in [4.78, 5) is 11.9. The molecule has 0 fully saturated rings. The molecule has 1 heterocycles. The van der Waals surface area contributed by atoms with Crippen molar-refractivity contribution in [3.05, 3.63) is 52.6 Å². The summed E-state index contributed by atoms with van der Waals surface area (Å²) in [5.41, 5.74) is 4.05. The number of nitrogens with one attached hydrogen (secondary N) is 1. The Kier molecular flexibility index (Phi) is 4.21. The van der Waals surface area contributed by atoms with Crippen LogP contribution in [0.15, 0.2) is 24.3 Å². The van der Waals surface area contributed by atoms with Crippen molar-refractivity contribution in [2.75, 3.05) is 5.32 Å². The average Bonchev–Trinajstić information content (AvgIpc) is 2.66. The number of aromatic nitrogens is 2. The van der Waals surface area contributed by atoms with Crippen molar-refractivity contribution in [2.45, 2.75) is 20.8 Å². The number of nitrogens with zero attached hydrogens (tertiary/aromatic N) is 2. The number of hydrogen-bond acceptors (Lipinski definition) is 2. The highest BCUT2D eigenvalue weighted by Crippen LogP contribution is 2.17. The number of hydrogen-bond donors (Lipinski definition) is 1. The highest BCUT2D eigenvalue weighted by atomic mass is 19.1. The Morgan fingerprint density at radius 1 is 1.33 bits per heavy atom. The minimum absolute atomic E-state index is 0.300. The van der Waals surface area contributed by atoms with Crippen molar-refractivity contribution in [3.63, 3.8) is 0 Å². The summed E-state index contributed by atoms with van der Waals surface area (Å²) in [7, 11) is 1.86. The largest absolute Gasteiger partial charge is 0.322 e. The normalized spacial score (nSPS) is 11.1. The first kappa shape index (κ1) is 15.0. The highest BCUT2D eigenvalue weighted by molar-refractivity contribution is 6.02. The van der Waals surface area contributed by atoms with Crippen LogP contribution in [0.5, 0.6) is 0 Å². The molecular formula is C16H18FN3O. The van der Waals surface area contributed by atoms with Gasteiger partial charge in [-0.3, -0.25) is 9.48 Å². The molecule has 5 heteroatoms. The van der Waals surface area contributed by atoms with Gasteiger partial charge in [0.15, 0.2) is 0 Å². The van der Waals surface area contributed by atoms with Gasteiger partial charge in [-0.1, -0.05) is 6.07 Å². The van der Waals surface area contributed by atoms with Gasteiger partial charge in [-0.15, -0.1) is 0 Å². The number of halogens is 1. The smallest absolute Gasteiger partial charge is 0.248 e. The monoisotopic (exact) mass is 287 g/mol. The van der Waals surface area contributed by atoms with Gasteiger partial charge in [-0.05, 0) is 44.5 Å². The first-order valence-electron chi connectivity index (χ1n) is 6.64. The predicted molar refractivity (Wildman–Crippen MR) is 81.5 cm³/mol. The van der Waals surface area contributed by atoms with E-state index in [9.17, 15) is 9.18 Å². The molecule has 1 N–H and O–H groups in total. The Bertz CT molecular complexity index is 717. The van der Waals surface area contributed by atoms with E-state index in [0.717, 1.165) is 22.5 Å². The van der Waals surface area contributed by atoms with Crippen molar-refractivity contribution in [2.24, 2.45) is 7.05 Å². The Morgan fingerprint density at radius 2 is 2.05 bits per heavy atom. The van der Waals surface area contributed by atoms with Crippen molar-refractivity contribution < 1.29 is 9.18 Å². The summed E-state index contributed by atoms with van der Waals surface area (Å²) in [5.74, 6) is -0.676. The third-order valence-electron chi connectivity index (χ3n) is 3.42. The van der Waals surface area contributed by atoms with E-state index in [1.165, 1.54) is 18.2 Å². The number of aryl methyl sites for hydroxylation is 3. The fourth-order valence-electron chi connectivity index (χ4n) is 2.09. The molecule has 4 nitrogen and oxygen atoms in total. The van der Waals surface area contributed by atoms with Gasteiger partial charge in [-0.2, -0.15) is 5.10 Å². The van der Waals surface area contributed by atoms with E-state index in [-0.39, 0.29) is 11.7 Å². The zero-order chi connectivity index (χ0) is 15.6. The van der Waals surface area contributed by atoms with Crippen molar-refractivity contribution in [1.29, 1.82) is 0 Å². The zero-order valence-corrected chi connectivity index (χ0v) is 12.6. The topological polar surface area (TPSA) is 46.9 Å². The van der Waals surface area contributed by atoms with E-state index >= 15 is 0 Å². The van der Waals surface area contributed by atoms with Gasteiger partial charge in [0.1, 0.15) is 5.82 Å². The second kappa shape index (κ2) is 5.91. The molecule has 2 rings (SSSR count). The number of amides is 1. The number of carbonyl (C=O) groups is 1. The van der Waals surface area contributed by atoms with Gasteiger partial charge < -0.3 is 5.32 Å². The molecular weight excluding hydrogens is 269 g/mol. The Hall–Kier alpha value is -2.43. The highest BCUT2D eigenvalue weighted by Gasteiger charge is 2.07. The molecule has 21 heavy (non-hydrogen) atoms. The van der Waals surface area contributed by atoms with Crippen LogP contribution < -0.4 is 5.32 Å². The predicted octanol–water partition coefficient (Wildman–Crippen LogP) is 3.14. The number of anilines is 1. The Labute approximate surface area is 123 Å². The maximum atomic E-state index is 13.2. The van der Waals surface area contributed by atoms with Crippen LogP contribution in [-0.4, -0.2) is 15.7 Å². The lowest BCUT2D eigenvalue weighted by molar-refractivity contribution is -0.111. The van der Waals surface area contributed by atoms with Gasteiger partial charge in [0.2, 0.25) is 5.91 Å². The molecule has 1 aromatic carbocycles. The van der Waals surface area contributed by atoms with Gasteiger partial charge >= 0.3 is 0 Å². The fraction of sp³-hybridized carbons (Fsp3) is 0.250. The first-order valence-corrected chi connectivity index (χ1v) is 6.64. The molecule has 1 aromatic heterocycles. The van der Waals surface area contributed by atoms with Crippen LogP contribution >= 0.6 is 0 Å². The third-order valence-corrected chi connectivity index (χ3v) is 3.42. The van der Waals surface area contributed by atoms with Crippen LogP contribution in [-0.2, 0) is 11.8 Å². The van der Waals surface area contributed by atoms with Crippen LogP contribution in [0.2, 0.25) is 0 Å². The molecule has 0 saturated carbocycles. The molecule has 0 aliphatic heterocycles. The van der Waals surface area contributed by atoms with Gasteiger partial charge in [-0.25, -0.2) is 4.39 Å². The van der Waals surface area contributed by atoms with Crippen LogP contribution in [0.3, 0.4) is 0 Å². The van der Waals surface area contributed by atoms with E-state index in [2.05, 4.69) is 10.4 Å². The Morgan fingerprint density at radius 3 is 2.67 bits per heavy atom. The second-order valence-electron chi connectivity index (χ2n) is 4.99. The lowest BCUT2D eigenvalue weighted by Gasteiger charge is -2.06. The summed E-state index contributed by atoms with van der Waals surface area (Å²) < 4.78 is 14.9. The minimum Gasteiger partial charge on any atom is -0.322 e. The SMILES string of the molecule is Cc1ccc(F)cc1NC(=O)/C=C/c1c(C)nn(C)c1C. The van der Waals surface area contributed by atoms with E-state index in [1.807, 2.05) is 27.8 Å². The Balaban J connectivity index is 2.15. The van der Waals surface area contributed by atoms with Crippen LogP contribution in [0.25, 0.3) is 6.08 Å². The fourth-order valence-corrected chi connectivity index (χ4v) is 2.09. The van der Waals surface area contributed by atoms with E-state index in [0.29, 0.717) is 5.69 Å². The van der Waals surface area contributed by atoms with E-state index in [1.54, 1.807) is 16.8 Å². The summed E-state index contributed by atoms with van der Waals surface area (Å²) >= 11 is 0. The third kappa shape index (κ3) is 3.37. The lowest BCUT2D eigenvalue weighted by Crippen LogP contribution is -2.09. The summed E-state index contributed by atoms with van der Waals surface area (Å²) in [6.45, 7) is 5.64. The standard InChI is InChI=1S/C16H18FN3O/c1-10-5-6-13(17)9-15(10)18-16(21)8-7-14-11(2)19-20(4)12(14)3/h5-9H,1-4H3,(H,18,21)/b8-7+. The van der Waals surface area contributed by atoms with E-state index < -0.39 is 0 Å². The molecule has 0 radical (unpaired) electrons. The molecule has 0 aliphatic carbocycles. The molecule has 0 saturated heterocycles. The lowest BCUT2D eigenvalue weighted by atomic mass is 10.1. The number of carbonyl (C=O) groups excluding carboxylic acids is 1. The van der Waals surface area contributed by atoms with E-state index in [4.69, 9.17) is 0 Å². The van der Waals surface area contributed by atoms with Crippen molar-refractivity contribution >= 4 is 17.7 Å². The zero-order valence-electron chi connectivity index (χ0n) is 12.6.